The molecule has 0 aliphatic heterocycles. The third-order valence-electron chi connectivity index (χ3n) is 2.61. The van der Waals surface area contributed by atoms with Crippen molar-refractivity contribution in [3.05, 3.63) is 34.9 Å². The SMILES string of the molecule is CC(C)(C)OC(=O)CC(Cc1ccccc1Cl)C(=O)O. The van der Waals surface area contributed by atoms with E-state index in [0.29, 0.717) is 10.6 Å². The van der Waals surface area contributed by atoms with Crippen LogP contribution in [-0.2, 0) is 20.7 Å². The summed E-state index contributed by atoms with van der Waals surface area (Å²) < 4.78 is 5.15. The Bertz CT molecular complexity index is 491. The smallest absolute Gasteiger partial charge is 0.307 e. The van der Waals surface area contributed by atoms with Gasteiger partial charge >= 0.3 is 11.9 Å². The van der Waals surface area contributed by atoms with Gasteiger partial charge in [-0.1, -0.05) is 29.8 Å². The van der Waals surface area contributed by atoms with Gasteiger partial charge in [0.1, 0.15) is 5.60 Å². The Morgan fingerprint density at radius 3 is 2.40 bits per heavy atom. The Morgan fingerprint density at radius 2 is 1.90 bits per heavy atom. The van der Waals surface area contributed by atoms with Crippen LogP contribution in [0.25, 0.3) is 0 Å². The molecule has 0 amide bonds. The summed E-state index contributed by atoms with van der Waals surface area (Å²) >= 11 is 6.01. The third-order valence-corrected chi connectivity index (χ3v) is 2.98. The Kier molecular flexibility index (Phi) is 5.57. The summed E-state index contributed by atoms with van der Waals surface area (Å²) in [4.78, 5) is 23.0. The number of benzene rings is 1. The van der Waals surface area contributed by atoms with E-state index < -0.39 is 23.5 Å². The number of aliphatic carboxylic acids is 1. The van der Waals surface area contributed by atoms with E-state index >= 15 is 0 Å². The Labute approximate surface area is 123 Å². The molecule has 1 atom stereocenters. The highest BCUT2D eigenvalue weighted by Gasteiger charge is 2.25. The van der Waals surface area contributed by atoms with Crippen LogP contribution in [0.2, 0.25) is 5.02 Å². The number of hydrogen-bond donors (Lipinski definition) is 1. The number of carbonyl (C=O) groups excluding carboxylic acids is 1. The molecule has 110 valence electrons. The fourth-order valence-corrected chi connectivity index (χ4v) is 1.97. The van der Waals surface area contributed by atoms with E-state index in [1.165, 1.54) is 0 Å². The lowest BCUT2D eigenvalue weighted by Gasteiger charge is -2.21. The highest BCUT2D eigenvalue weighted by atomic mass is 35.5. The highest BCUT2D eigenvalue weighted by Crippen LogP contribution is 2.21. The summed E-state index contributed by atoms with van der Waals surface area (Å²) in [6.45, 7) is 5.23. The maximum absolute atomic E-state index is 11.7. The minimum Gasteiger partial charge on any atom is -0.481 e. The monoisotopic (exact) mass is 298 g/mol. The van der Waals surface area contributed by atoms with Crippen LogP contribution in [-0.4, -0.2) is 22.6 Å². The Hall–Kier alpha value is -1.55. The average molecular weight is 299 g/mol. The summed E-state index contributed by atoms with van der Waals surface area (Å²) in [7, 11) is 0. The largest absolute Gasteiger partial charge is 0.481 e. The molecule has 0 aliphatic rings. The van der Waals surface area contributed by atoms with Gasteiger partial charge in [0.25, 0.3) is 0 Å². The van der Waals surface area contributed by atoms with Crippen LogP contribution in [0.3, 0.4) is 0 Å². The Balaban J connectivity index is 2.74. The maximum atomic E-state index is 11.7. The molecule has 0 spiro atoms. The van der Waals surface area contributed by atoms with E-state index in [4.69, 9.17) is 16.3 Å². The van der Waals surface area contributed by atoms with Crippen molar-refractivity contribution in [2.45, 2.75) is 39.2 Å². The van der Waals surface area contributed by atoms with E-state index in [0.717, 1.165) is 0 Å². The van der Waals surface area contributed by atoms with Gasteiger partial charge in [-0.2, -0.15) is 0 Å². The van der Waals surface area contributed by atoms with E-state index in [1.807, 2.05) is 0 Å². The van der Waals surface area contributed by atoms with Gasteiger partial charge in [0.2, 0.25) is 0 Å². The van der Waals surface area contributed by atoms with Crippen molar-refractivity contribution in [2.24, 2.45) is 5.92 Å². The number of carboxylic acid groups (broad SMARTS) is 1. The zero-order chi connectivity index (χ0) is 15.3. The first-order valence-electron chi connectivity index (χ1n) is 6.37. The number of hydrogen-bond acceptors (Lipinski definition) is 3. The lowest BCUT2D eigenvalue weighted by Crippen LogP contribution is -2.28. The molecule has 0 aromatic heterocycles. The molecule has 0 aliphatic carbocycles. The van der Waals surface area contributed by atoms with Crippen LogP contribution >= 0.6 is 11.6 Å². The second-order valence-electron chi connectivity index (χ2n) is 5.62. The molecule has 20 heavy (non-hydrogen) atoms. The normalized spacial score (nSPS) is 12.8. The molecule has 0 radical (unpaired) electrons. The zero-order valence-electron chi connectivity index (χ0n) is 11.9. The van der Waals surface area contributed by atoms with E-state index in [1.54, 1.807) is 45.0 Å². The molecular weight excluding hydrogens is 280 g/mol. The molecule has 1 rings (SSSR count). The fraction of sp³-hybridized carbons (Fsp3) is 0.467. The van der Waals surface area contributed by atoms with Gasteiger partial charge in [-0.05, 0) is 38.8 Å². The van der Waals surface area contributed by atoms with Crippen molar-refractivity contribution < 1.29 is 19.4 Å². The highest BCUT2D eigenvalue weighted by molar-refractivity contribution is 6.31. The molecule has 1 aromatic rings. The lowest BCUT2D eigenvalue weighted by molar-refractivity contribution is -0.159. The van der Waals surface area contributed by atoms with E-state index in [2.05, 4.69) is 0 Å². The van der Waals surface area contributed by atoms with Crippen LogP contribution in [0.5, 0.6) is 0 Å². The molecule has 1 N–H and O–H groups in total. The van der Waals surface area contributed by atoms with Gasteiger partial charge in [0.15, 0.2) is 0 Å². The van der Waals surface area contributed by atoms with Gasteiger partial charge < -0.3 is 9.84 Å². The minimum atomic E-state index is -1.03. The van der Waals surface area contributed by atoms with Crippen molar-refractivity contribution in [3.8, 4) is 0 Å². The number of rotatable bonds is 5. The predicted molar refractivity (Wildman–Crippen MR) is 76.7 cm³/mol. The number of esters is 1. The standard InChI is InChI=1S/C15H19ClO4/c1-15(2,3)20-13(17)9-11(14(18)19)8-10-6-4-5-7-12(10)16/h4-7,11H,8-9H2,1-3H3,(H,18,19). The van der Waals surface area contributed by atoms with Crippen LogP contribution in [0, 0.1) is 5.92 Å². The summed E-state index contributed by atoms with van der Waals surface area (Å²) in [5, 5.41) is 9.72. The second kappa shape index (κ2) is 6.75. The van der Waals surface area contributed by atoms with Crippen LogP contribution in [0.4, 0.5) is 0 Å². The van der Waals surface area contributed by atoms with E-state index in [9.17, 15) is 14.7 Å². The molecule has 4 nitrogen and oxygen atoms in total. The quantitative estimate of drug-likeness (QED) is 0.847. The number of carboxylic acids is 1. The summed E-state index contributed by atoms with van der Waals surface area (Å²) in [6.07, 6.45) is 0.0338. The maximum Gasteiger partial charge on any atom is 0.307 e. The molecule has 0 saturated heterocycles. The summed E-state index contributed by atoms with van der Waals surface area (Å²) in [5.74, 6) is -2.39. The van der Waals surface area contributed by atoms with Crippen LogP contribution in [0.1, 0.15) is 32.8 Å². The number of carbonyl (C=O) groups is 2. The molecule has 0 saturated carbocycles. The van der Waals surface area contributed by atoms with E-state index in [-0.39, 0.29) is 12.8 Å². The Morgan fingerprint density at radius 1 is 1.30 bits per heavy atom. The molecule has 5 heteroatoms. The third kappa shape index (κ3) is 5.61. The second-order valence-corrected chi connectivity index (χ2v) is 6.03. The van der Waals surface area contributed by atoms with Gasteiger partial charge in [0, 0.05) is 5.02 Å². The summed E-state index contributed by atoms with van der Waals surface area (Å²) in [6, 6.07) is 7.01. The minimum absolute atomic E-state index is 0.169. The first kappa shape index (κ1) is 16.5. The first-order chi connectivity index (χ1) is 9.19. The molecule has 1 unspecified atom stereocenters. The molecule has 0 bridgehead atoms. The zero-order valence-corrected chi connectivity index (χ0v) is 12.6. The van der Waals surface area contributed by atoms with Gasteiger partial charge in [-0.3, -0.25) is 9.59 Å². The van der Waals surface area contributed by atoms with Crippen molar-refractivity contribution >= 4 is 23.5 Å². The van der Waals surface area contributed by atoms with Gasteiger partial charge in [-0.15, -0.1) is 0 Å². The first-order valence-corrected chi connectivity index (χ1v) is 6.75. The van der Waals surface area contributed by atoms with Crippen LogP contribution in [0.15, 0.2) is 24.3 Å². The number of halogens is 1. The molecule has 1 aromatic carbocycles. The number of ether oxygens (including phenoxy) is 1. The van der Waals surface area contributed by atoms with Crippen molar-refractivity contribution in [3.63, 3.8) is 0 Å². The molecule has 0 heterocycles. The van der Waals surface area contributed by atoms with Crippen molar-refractivity contribution in [2.75, 3.05) is 0 Å². The average Bonchev–Trinajstić information content (AvgIpc) is 2.28. The fourth-order valence-electron chi connectivity index (χ4n) is 1.76. The van der Waals surface area contributed by atoms with Crippen molar-refractivity contribution in [1.29, 1.82) is 0 Å². The predicted octanol–water partition coefficient (Wildman–Crippen LogP) is 3.32. The lowest BCUT2D eigenvalue weighted by atomic mass is 9.96. The van der Waals surface area contributed by atoms with Crippen LogP contribution < -0.4 is 0 Å². The van der Waals surface area contributed by atoms with Gasteiger partial charge in [0.05, 0.1) is 12.3 Å². The van der Waals surface area contributed by atoms with Gasteiger partial charge in [-0.25, -0.2) is 0 Å². The van der Waals surface area contributed by atoms with Crippen molar-refractivity contribution in [1.82, 2.24) is 0 Å². The topological polar surface area (TPSA) is 63.6 Å². The summed E-state index contributed by atoms with van der Waals surface area (Å²) in [5.41, 5.74) is 0.0926. The molecule has 0 fully saturated rings. The molecular formula is C15H19ClO4.